The van der Waals surface area contributed by atoms with Gasteiger partial charge in [-0.2, -0.15) is 0 Å². The molecule has 1 N–H and O–H groups in total. The highest BCUT2D eigenvalue weighted by atomic mass is 16.7. The zero-order valence-corrected chi connectivity index (χ0v) is 16.8. The van der Waals surface area contributed by atoms with Crippen LogP contribution in [0.15, 0.2) is 0 Å². The van der Waals surface area contributed by atoms with Crippen LogP contribution in [-0.4, -0.2) is 36.0 Å². The van der Waals surface area contributed by atoms with Crippen LogP contribution in [0.2, 0.25) is 0 Å². The number of carbonyl (C=O) groups excluding carboxylic acids is 1. The van der Waals surface area contributed by atoms with Gasteiger partial charge in [-0.1, -0.05) is 6.92 Å². The highest BCUT2D eigenvalue weighted by Gasteiger charge is 2.67. The second-order valence-corrected chi connectivity index (χ2v) is 9.88. The van der Waals surface area contributed by atoms with Crippen molar-refractivity contribution >= 4 is 5.78 Å². The standard InChI is InChI=1S/C22H36O4/c1-4-25-14-26-16-7-10-20(2)15(13-16)5-6-18-17(20)8-11-21(3)19(23)9-12-22(18,21)24/h15-18,24H,4-14H2,1-3H3/t15?,16?,17-,18-,20+,21-,22-/m1/s1. The highest BCUT2D eigenvalue weighted by Crippen LogP contribution is 2.66. The molecule has 0 bridgehead atoms. The van der Waals surface area contributed by atoms with Crippen molar-refractivity contribution in [2.75, 3.05) is 13.4 Å². The smallest absolute Gasteiger partial charge is 0.147 e. The maximum Gasteiger partial charge on any atom is 0.147 e. The fourth-order valence-corrected chi connectivity index (χ4v) is 7.33. The van der Waals surface area contributed by atoms with Gasteiger partial charge in [-0.25, -0.2) is 0 Å². The fourth-order valence-electron chi connectivity index (χ4n) is 7.33. The van der Waals surface area contributed by atoms with E-state index in [-0.39, 0.29) is 5.41 Å². The lowest BCUT2D eigenvalue weighted by Crippen LogP contribution is -2.62. The first kappa shape index (κ1) is 18.9. The molecule has 0 aromatic rings. The molecular formula is C22H36O4. The van der Waals surface area contributed by atoms with Gasteiger partial charge in [0, 0.05) is 13.0 Å². The molecule has 4 nitrogen and oxygen atoms in total. The quantitative estimate of drug-likeness (QED) is 0.603. The molecule has 4 aliphatic rings. The van der Waals surface area contributed by atoms with Gasteiger partial charge in [0.2, 0.25) is 0 Å². The minimum atomic E-state index is -0.761. The maximum absolute atomic E-state index is 12.6. The largest absolute Gasteiger partial charge is 0.389 e. The number of hydrogen-bond acceptors (Lipinski definition) is 4. The summed E-state index contributed by atoms with van der Waals surface area (Å²) in [7, 11) is 0. The molecule has 0 aliphatic heterocycles. The Morgan fingerprint density at radius 2 is 1.88 bits per heavy atom. The van der Waals surface area contributed by atoms with Crippen LogP contribution >= 0.6 is 0 Å². The van der Waals surface area contributed by atoms with Crippen LogP contribution in [-0.2, 0) is 14.3 Å². The Labute approximate surface area is 158 Å². The van der Waals surface area contributed by atoms with Crippen LogP contribution in [0.3, 0.4) is 0 Å². The second kappa shape index (κ2) is 6.56. The Balaban J connectivity index is 1.51. The van der Waals surface area contributed by atoms with E-state index in [4.69, 9.17) is 9.47 Å². The molecule has 4 rings (SSSR count). The van der Waals surface area contributed by atoms with Gasteiger partial charge in [0.25, 0.3) is 0 Å². The molecule has 0 aromatic heterocycles. The van der Waals surface area contributed by atoms with E-state index in [1.807, 2.05) is 13.8 Å². The predicted molar refractivity (Wildman–Crippen MR) is 99.6 cm³/mol. The summed E-state index contributed by atoms with van der Waals surface area (Å²) >= 11 is 0. The van der Waals surface area contributed by atoms with Gasteiger partial charge in [0.15, 0.2) is 0 Å². The van der Waals surface area contributed by atoms with Crippen molar-refractivity contribution in [2.45, 2.75) is 90.3 Å². The van der Waals surface area contributed by atoms with Crippen LogP contribution in [0, 0.1) is 28.6 Å². The van der Waals surface area contributed by atoms with E-state index in [0.29, 0.717) is 55.9 Å². The molecule has 148 valence electrons. The molecule has 7 atom stereocenters. The summed E-state index contributed by atoms with van der Waals surface area (Å²) in [5, 5.41) is 11.7. The van der Waals surface area contributed by atoms with Gasteiger partial charge in [-0.3, -0.25) is 4.79 Å². The van der Waals surface area contributed by atoms with Crippen LogP contribution in [0.25, 0.3) is 0 Å². The molecule has 0 aromatic carbocycles. The van der Waals surface area contributed by atoms with Gasteiger partial charge in [-0.05, 0) is 88.4 Å². The van der Waals surface area contributed by atoms with Crippen molar-refractivity contribution in [3.05, 3.63) is 0 Å². The van der Waals surface area contributed by atoms with Gasteiger partial charge in [0.1, 0.15) is 12.6 Å². The van der Waals surface area contributed by atoms with E-state index in [2.05, 4.69) is 6.92 Å². The first-order chi connectivity index (χ1) is 12.3. The lowest BCUT2D eigenvalue weighted by Gasteiger charge is -2.62. The van der Waals surface area contributed by atoms with E-state index in [9.17, 15) is 9.90 Å². The predicted octanol–water partition coefficient (Wildman–Crippen LogP) is 4.09. The normalized spacial score (nSPS) is 50.8. The first-order valence-corrected chi connectivity index (χ1v) is 10.8. The van der Waals surface area contributed by atoms with E-state index in [1.54, 1.807) is 0 Å². The summed E-state index contributed by atoms with van der Waals surface area (Å²) in [6.45, 7) is 7.63. The molecule has 4 saturated carbocycles. The van der Waals surface area contributed by atoms with Crippen LogP contribution < -0.4 is 0 Å². The minimum absolute atomic E-state index is 0.289. The molecule has 4 fully saturated rings. The van der Waals surface area contributed by atoms with Gasteiger partial charge < -0.3 is 14.6 Å². The van der Waals surface area contributed by atoms with Gasteiger partial charge in [0.05, 0.1) is 17.1 Å². The number of rotatable bonds is 4. The average Bonchev–Trinajstić information content (AvgIpc) is 2.86. The number of hydrogen-bond donors (Lipinski definition) is 1. The van der Waals surface area contributed by atoms with Crippen LogP contribution in [0.1, 0.15) is 78.6 Å². The Bertz CT molecular complexity index is 562. The van der Waals surface area contributed by atoms with Crippen molar-refractivity contribution in [1.82, 2.24) is 0 Å². The van der Waals surface area contributed by atoms with Crippen molar-refractivity contribution < 1.29 is 19.4 Å². The lowest BCUT2D eigenvalue weighted by molar-refractivity contribution is -0.207. The average molecular weight is 365 g/mol. The Kier molecular flexibility index (Phi) is 4.77. The summed E-state index contributed by atoms with van der Waals surface area (Å²) < 4.78 is 11.3. The Hall–Kier alpha value is -0.450. The monoisotopic (exact) mass is 364 g/mol. The SMILES string of the molecule is CCOCOC1CC[C@@]2(C)C(CC[C@@H]3[C@H]2CC[C@]2(C)C(=O)CC[C@@]32O)C1. The summed E-state index contributed by atoms with van der Waals surface area (Å²) in [5.74, 6) is 1.83. The summed E-state index contributed by atoms with van der Waals surface area (Å²) in [6.07, 6.45) is 9.19. The first-order valence-electron chi connectivity index (χ1n) is 10.8. The molecular weight excluding hydrogens is 328 g/mol. The third-order valence-electron chi connectivity index (χ3n) is 9.11. The number of ketones is 1. The topological polar surface area (TPSA) is 55.8 Å². The molecule has 26 heavy (non-hydrogen) atoms. The lowest BCUT2D eigenvalue weighted by atomic mass is 9.44. The van der Waals surface area contributed by atoms with Crippen molar-refractivity contribution in [3.63, 3.8) is 0 Å². The van der Waals surface area contributed by atoms with Gasteiger partial charge >= 0.3 is 0 Å². The summed E-state index contributed by atoms with van der Waals surface area (Å²) in [6, 6.07) is 0. The molecule has 0 amide bonds. The third-order valence-corrected chi connectivity index (χ3v) is 9.11. The minimum Gasteiger partial charge on any atom is -0.389 e. The molecule has 0 spiro atoms. The van der Waals surface area contributed by atoms with Crippen molar-refractivity contribution in [3.8, 4) is 0 Å². The van der Waals surface area contributed by atoms with Crippen LogP contribution in [0.5, 0.6) is 0 Å². The molecule has 0 saturated heterocycles. The molecule has 4 aliphatic carbocycles. The number of ether oxygens (including phenoxy) is 2. The number of fused-ring (bicyclic) bond motifs is 5. The van der Waals surface area contributed by atoms with Crippen molar-refractivity contribution in [1.29, 1.82) is 0 Å². The van der Waals surface area contributed by atoms with Gasteiger partial charge in [-0.15, -0.1) is 0 Å². The summed E-state index contributed by atoms with van der Waals surface area (Å²) in [4.78, 5) is 12.6. The maximum atomic E-state index is 12.6. The Morgan fingerprint density at radius 3 is 2.65 bits per heavy atom. The molecule has 2 unspecified atom stereocenters. The van der Waals surface area contributed by atoms with Crippen molar-refractivity contribution in [2.24, 2.45) is 28.6 Å². The zero-order chi connectivity index (χ0) is 18.6. The molecule has 4 heteroatoms. The Morgan fingerprint density at radius 1 is 1.08 bits per heavy atom. The second-order valence-electron chi connectivity index (χ2n) is 9.88. The van der Waals surface area contributed by atoms with E-state index in [0.717, 1.165) is 32.1 Å². The van der Waals surface area contributed by atoms with E-state index >= 15 is 0 Å². The van der Waals surface area contributed by atoms with E-state index in [1.165, 1.54) is 12.8 Å². The summed E-state index contributed by atoms with van der Waals surface area (Å²) in [5.41, 5.74) is -0.963. The number of carbonyl (C=O) groups is 1. The van der Waals surface area contributed by atoms with Crippen LogP contribution in [0.4, 0.5) is 0 Å². The third kappa shape index (κ3) is 2.55. The number of Topliss-reactive ketones (excluding diaryl/α,β-unsaturated/α-hetero) is 1. The molecule has 0 radical (unpaired) electrons. The molecule has 0 heterocycles. The zero-order valence-electron chi connectivity index (χ0n) is 16.8. The highest BCUT2D eigenvalue weighted by molar-refractivity contribution is 5.88. The number of aliphatic hydroxyl groups is 1. The fraction of sp³-hybridized carbons (Fsp3) is 0.955. The van der Waals surface area contributed by atoms with E-state index < -0.39 is 11.0 Å².